The molecule has 1 aromatic carbocycles. The smallest absolute Gasteiger partial charge is 0.222 e. The van der Waals surface area contributed by atoms with Crippen molar-refractivity contribution in [1.82, 2.24) is 15.3 Å². The minimum atomic E-state index is -0.775. The Hall–Kier alpha value is -2.81. The summed E-state index contributed by atoms with van der Waals surface area (Å²) < 4.78 is 5.64. The van der Waals surface area contributed by atoms with Crippen molar-refractivity contribution in [3.05, 3.63) is 58.5 Å². The second kappa shape index (κ2) is 10.1. The number of thiazole rings is 1. The lowest BCUT2D eigenvalue weighted by Gasteiger charge is -2.14. The number of rotatable bonds is 9. The second-order valence-corrected chi connectivity index (χ2v) is 7.60. The maximum atomic E-state index is 11.0. The van der Waals surface area contributed by atoms with Gasteiger partial charge in [0.1, 0.15) is 24.4 Å². The monoisotopic (exact) mass is 412 g/mol. The number of nitrogens with one attached hydrogen (secondary N) is 2. The van der Waals surface area contributed by atoms with Gasteiger partial charge in [0.2, 0.25) is 5.91 Å². The van der Waals surface area contributed by atoms with Gasteiger partial charge in [0.25, 0.3) is 0 Å². The largest absolute Gasteiger partial charge is 0.489 e. The van der Waals surface area contributed by atoms with E-state index in [2.05, 4.69) is 20.6 Å². The lowest BCUT2D eigenvalue weighted by atomic mass is 10.2. The van der Waals surface area contributed by atoms with Crippen LogP contribution in [-0.2, 0) is 11.2 Å². The average Bonchev–Trinajstić information content (AvgIpc) is 3.14. The number of hydrogen-bond acceptors (Lipinski definition) is 7. The average molecular weight is 413 g/mol. The Bertz CT molecular complexity index is 926. The molecule has 0 aliphatic heterocycles. The molecule has 0 saturated heterocycles. The fourth-order valence-electron chi connectivity index (χ4n) is 2.66. The summed E-state index contributed by atoms with van der Waals surface area (Å²) in [6.07, 6.45) is 1.63. The molecular formula is C21H24N4O3S. The van der Waals surface area contributed by atoms with Gasteiger partial charge in [-0.05, 0) is 49.2 Å². The molecule has 29 heavy (non-hydrogen) atoms. The van der Waals surface area contributed by atoms with Crippen molar-refractivity contribution in [2.45, 2.75) is 26.5 Å². The number of benzene rings is 1. The predicted molar refractivity (Wildman–Crippen MR) is 114 cm³/mol. The van der Waals surface area contributed by atoms with Gasteiger partial charge in [-0.3, -0.25) is 10.1 Å². The van der Waals surface area contributed by atoms with Crippen molar-refractivity contribution in [2.75, 3.05) is 18.5 Å². The van der Waals surface area contributed by atoms with Gasteiger partial charge in [-0.15, -0.1) is 11.3 Å². The molecule has 3 N–H and O–H groups in total. The highest BCUT2D eigenvalue weighted by Crippen LogP contribution is 2.23. The van der Waals surface area contributed by atoms with Crippen LogP contribution in [0, 0.1) is 6.92 Å². The Morgan fingerprint density at radius 2 is 2.03 bits per heavy atom. The van der Waals surface area contributed by atoms with E-state index >= 15 is 0 Å². The number of nitrogens with zero attached hydrogens (tertiary/aromatic N) is 2. The molecule has 3 aromatic rings. The Morgan fingerprint density at radius 1 is 1.24 bits per heavy atom. The van der Waals surface area contributed by atoms with Crippen LogP contribution in [0.5, 0.6) is 5.75 Å². The minimum absolute atomic E-state index is 0.148. The van der Waals surface area contributed by atoms with Crippen LogP contribution in [0.2, 0.25) is 0 Å². The molecule has 0 spiro atoms. The summed E-state index contributed by atoms with van der Waals surface area (Å²) >= 11 is 1.62. The van der Waals surface area contributed by atoms with E-state index in [1.54, 1.807) is 23.6 Å². The van der Waals surface area contributed by atoms with Gasteiger partial charge in [-0.2, -0.15) is 0 Å². The van der Waals surface area contributed by atoms with Crippen molar-refractivity contribution < 1.29 is 14.6 Å². The molecule has 0 fully saturated rings. The lowest BCUT2D eigenvalue weighted by Crippen LogP contribution is -2.35. The van der Waals surface area contributed by atoms with Crippen molar-refractivity contribution in [3.8, 4) is 17.0 Å². The summed E-state index contributed by atoms with van der Waals surface area (Å²) in [5.74, 6) is 1.07. The predicted octanol–water partition coefficient (Wildman–Crippen LogP) is 3.00. The van der Waals surface area contributed by atoms with E-state index in [0.29, 0.717) is 24.5 Å². The van der Waals surface area contributed by atoms with E-state index in [1.165, 1.54) is 6.92 Å². The molecule has 8 heteroatoms. The van der Waals surface area contributed by atoms with E-state index in [-0.39, 0.29) is 12.5 Å². The first-order valence-corrected chi connectivity index (χ1v) is 10.2. The van der Waals surface area contributed by atoms with E-state index in [1.807, 2.05) is 42.6 Å². The molecule has 1 atom stereocenters. The topological polar surface area (TPSA) is 96.4 Å². The molecule has 1 amide bonds. The maximum absolute atomic E-state index is 11.0. The summed E-state index contributed by atoms with van der Waals surface area (Å²) in [4.78, 5) is 19.6. The summed E-state index contributed by atoms with van der Waals surface area (Å²) in [5.41, 5.74) is 3.01. The van der Waals surface area contributed by atoms with Crippen LogP contribution in [0.4, 0.5) is 5.82 Å². The van der Waals surface area contributed by atoms with Crippen molar-refractivity contribution >= 4 is 23.1 Å². The highest BCUT2D eigenvalue weighted by Gasteiger charge is 2.06. The quantitative estimate of drug-likeness (QED) is 0.468. The second-order valence-electron chi connectivity index (χ2n) is 6.54. The number of anilines is 1. The first kappa shape index (κ1) is 20.9. The number of carbonyl (C=O) groups excluding carboxylic acids is 1. The molecule has 3 rings (SSSR count). The van der Waals surface area contributed by atoms with Gasteiger partial charge in [-0.1, -0.05) is 6.07 Å². The fourth-order valence-corrected chi connectivity index (χ4v) is 3.28. The van der Waals surface area contributed by atoms with Crippen molar-refractivity contribution in [1.29, 1.82) is 0 Å². The third-order valence-electron chi connectivity index (χ3n) is 4.10. The van der Waals surface area contributed by atoms with Crippen molar-refractivity contribution in [3.63, 3.8) is 0 Å². The number of aliphatic hydroxyl groups excluding tert-OH is 1. The lowest BCUT2D eigenvalue weighted by molar-refractivity contribution is -0.114. The minimum Gasteiger partial charge on any atom is -0.489 e. The first-order valence-electron chi connectivity index (χ1n) is 9.29. The number of ether oxygens (including phenoxy) is 1. The van der Waals surface area contributed by atoms with E-state index in [9.17, 15) is 9.90 Å². The summed E-state index contributed by atoms with van der Waals surface area (Å²) in [5, 5.41) is 18.8. The number of amides is 1. The molecule has 0 bridgehead atoms. The molecular weight excluding hydrogens is 388 g/mol. The third kappa shape index (κ3) is 6.63. The summed E-state index contributed by atoms with van der Waals surface area (Å²) in [6.45, 7) is 4.15. The summed E-state index contributed by atoms with van der Waals surface area (Å²) in [6, 6.07) is 11.3. The van der Waals surface area contributed by atoms with Crippen LogP contribution in [-0.4, -0.2) is 40.4 Å². The summed E-state index contributed by atoms with van der Waals surface area (Å²) in [7, 11) is 0. The SMILES string of the molecule is CC(=O)Nc1ccc(CCN[C@H](O)COc2ccc(-c3csc(C)n3)cc2)cn1. The standard InChI is InChI=1S/C21H24N4O3S/c1-14(26)24-20-8-3-16(11-23-20)9-10-22-21(27)12-28-18-6-4-17(5-7-18)19-13-29-15(2)25-19/h3-8,11,13,21-22,27H,9-10,12H2,1-2H3,(H,23,24,26)/t21-/m1/s1. The molecule has 2 heterocycles. The van der Waals surface area contributed by atoms with Crippen LogP contribution in [0.3, 0.4) is 0 Å². The molecule has 0 aliphatic carbocycles. The Labute approximate surface area is 173 Å². The van der Waals surface area contributed by atoms with Crippen LogP contribution in [0.1, 0.15) is 17.5 Å². The van der Waals surface area contributed by atoms with Crippen LogP contribution >= 0.6 is 11.3 Å². The Balaban J connectivity index is 1.38. The number of carbonyl (C=O) groups is 1. The molecule has 0 radical (unpaired) electrons. The van der Waals surface area contributed by atoms with Crippen LogP contribution in [0.25, 0.3) is 11.3 Å². The highest BCUT2D eigenvalue weighted by molar-refractivity contribution is 7.09. The van der Waals surface area contributed by atoms with Crippen LogP contribution in [0.15, 0.2) is 48.0 Å². The van der Waals surface area contributed by atoms with Crippen LogP contribution < -0.4 is 15.4 Å². The Kier molecular flexibility index (Phi) is 7.29. The number of aromatic nitrogens is 2. The zero-order chi connectivity index (χ0) is 20.6. The first-order chi connectivity index (χ1) is 14.0. The number of hydrogen-bond donors (Lipinski definition) is 3. The third-order valence-corrected chi connectivity index (χ3v) is 4.87. The van der Waals surface area contributed by atoms with E-state index < -0.39 is 6.23 Å². The molecule has 7 nitrogen and oxygen atoms in total. The number of aryl methyl sites for hydroxylation is 1. The molecule has 0 saturated carbocycles. The fraction of sp³-hybridized carbons (Fsp3) is 0.286. The Morgan fingerprint density at radius 3 is 2.66 bits per heavy atom. The zero-order valence-corrected chi connectivity index (χ0v) is 17.2. The van der Waals surface area contributed by atoms with Gasteiger partial charge in [0, 0.05) is 30.6 Å². The molecule has 0 unspecified atom stereocenters. The number of aliphatic hydroxyl groups is 1. The van der Waals surface area contributed by atoms with Gasteiger partial charge in [0.15, 0.2) is 0 Å². The van der Waals surface area contributed by atoms with Gasteiger partial charge in [0.05, 0.1) is 10.7 Å². The number of pyridine rings is 1. The van der Waals surface area contributed by atoms with Crippen molar-refractivity contribution in [2.24, 2.45) is 0 Å². The van der Waals surface area contributed by atoms with Gasteiger partial charge >= 0.3 is 0 Å². The molecule has 0 aliphatic rings. The van der Waals surface area contributed by atoms with Gasteiger partial charge < -0.3 is 15.2 Å². The molecule has 2 aromatic heterocycles. The zero-order valence-electron chi connectivity index (χ0n) is 16.4. The van der Waals surface area contributed by atoms with E-state index in [0.717, 1.165) is 21.8 Å². The van der Waals surface area contributed by atoms with Gasteiger partial charge in [-0.25, -0.2) is 9.97 Å². The highest BCUT2D eigenvalue weighted by atomic mass is 32.1. The molecule has 152 valence electrons. The normalized spacial score (nSPS) is 11.8. The maximum Gasteiger partial charge on any atom is 0.222 e. The van der Waals surface area contributed by atoms with E-state index in [4.69, 9.17) is 4.74 Å².